The van der Waals surface area contributed by atoms with Crippen molar-refractivity contribution in [2.75, 3.05) is 5.32 Å². The number of carbonyl (C=O) groups excluding carboxylic acids is 3. The molecule has 0 aromatic heterocycles. The Kier molecular flexibility index (Phi) is 7.85. The number of nitrogens with one attached hydrogen (secondary N) is 1. The average Bonchev–Trinajstić information content (AvgIpc) is 2.93. The summed E-state index contributed by atoms with van der Waals surface area (Å²) >= 11 is 3.22. The fourth-order valence-electron chi connectivity index (χ4n) is 3.59. The van der Waals surface area contributed by atoms with E-state index in [0.717, 1.165) is 0 Å². The van der Waals surface area contributed by atoms with Crippen molar-refractivity contribution in [1.82, 2.24) is 0 Å². The summed E-state index contributed by atoms with van der Waals surface area (Å²) < 4.78 is 5.94. The Morgan fingerprint density at radius 2 is 1.41 bits per heavy atom. The van der Waals surface area contributed by atoms with Crippen LogP contribution in [-0.4, -0.2) is 22.6 Å². The van der Waals surface area contributed by atoms with Crippen LogP contribution < -0.4 is 5.32 Å². The number of esters is 1. The molecule has 1 unspecified atom stereocenters. The van der Waals surface area contributed by atoms with Crippen LogP contribution in [0.1, 0.15) is 37.9 Å². The van der Waals surface area contributed by atoms with Gasteiger partial charge in [-0.15, -0.1) is 0 Å². The van der Waals surface area contributed by atoms with Gasteiger partial charge in [-0.25, -0.2) is 4.79 Å². The zero-order valence-corrected chi connectivity index (χ0v) is 20.8. The van der Waals surface area contributed by atoms with Crippen LogP contribution in [0, 0.1) is 10.1 Å². The molecule has 8 nitrogen and oxygen atoms in total. The maximum atomic E-state index is 13.3. The molecule has 1 atom stereocenters. The zero-order valence-electron chi connectivity index (χ0n) is 19.2. The number of nitro groups is 1. The van der Waals surface area contributed by atoms with Crippen molar-refractivity contribution < 1.29 is 24.0 Å². The van der Waals surface area contributed by atoms with E-state index in [1.165, 1.54) is 30.3 Å². The molecule has 0 saturated heterocycles. The number of rotatable bonds is 8. The molecule has 0 aliphatic carbocycles. The molecule has 0 radical (unpaired) electrons. The van der Waals surface area contributed by atoms with Crippen LogP contribution in [-0.2, 0) is 9.53 Å². The van der Waals surface area contributed by atoms with Crippen molar-refractivity contribution in [3.05, 3.63) is 140 Å². The second-order valence-electron chi connectivity index (χ2n) is 7.85. The number of anilines is 1. The molecule has 0 spiro atoms. The van der Waals surface area contributed by atoms with Crippen molar-refractivity contribution in [3.8, 4) is 0 Å². The van der Waals surface area contributed by atoms with E-state index in [2.05, 4.69) is 21.2 Å². The predicted octanol–water partition coefficient (Wildman–Crippen LogP) is 6.13. The van der Waals surface area contributed by atoms with E-state index in [-0.39, 0.29) is 32.8 Å². The first kappa shape index (κ1) is 25.5. The van der Waals surface area contributed by atoms with Crippen LogP contribution in [0.3, 0.4) is 0 Å². The number of ether oxygens (including phenoxy) is 1. The third-order valence-electron chi connectivity index (χ3n) is 5.41. The molecule has 4 aromatic rings. The molecule has 0 aliphatic heterocycles. The molecule has 184 valence electrons. The lowest BCUT2D eigenvalue weighted by molar-refractivity contribution is -0.384. The highest BCUT2D eigenvalue weighted by Crippen LogP contribution is 2.29. The summed E-state index contributed by atoms with van der Waals surface area (Å²) in [7, 11) is 0. The highest BCUT2D eigenvalue weighted by atomic mass is 79.9. The van der Waals surface area contributed by atoms with E-state index in [0.29, 0.717) is 11.1 Å². The number of ketones is 1. The molecule has 4 rings (SSSR count). The lowest BCUT2D eigenvalue weighted by Crippen LogP contribution is -2.26. The van der Waals surface area contributed by atoms with Gasteiger partial charge in [0.2, 0.25) is 6.10 Å². The van der Waals surface area contributed by atoms with Gasteiger partial charge < -0.3 is 10.1 Å². The van der Waals surface area contributed by atoms with E-state index in [4.69, 9.17) is 4.74 Å². The Hall–Kier alpha value is -4.63. The minimum absolute atomic E-state index is 0.0154. The maximum Gasteiger partial charge on any atom is 0.340 e. The van der Waals surface area contributed by atoms with Crippen LogP contribution in [0.5, 0.6) is 0 Å². The van der Waals surface area contributed by atoms with Crippen LogP contribution in [0.2, 0.25) is 0 Å². The fourth-order valence-corrected chi connectivity index (χ4v) is 4.06. The molecule has 37 heavy (non-hydrogen) atoms. The van der Waals surface area contributed by atoms with Gasteiger partial charge in [-0.3, -0.25) is 19.7 Å². The Morgan fingerprint density at radius 1 is 0.811 bits per heavy atom. The first-order valence-electron chi connectivity index (χ1n) is 11.0. The molecule has 0 bridgehead atoms. The molecular formula is C28H19BrN2O6. The van der Waals surface area contributed by atoms with Gasteiger partial charge in [0, 0.05) is 33.3 Å². The molecule has 1 N–H and O–H groups in total. The van der Waals surface area contributed by atoms with E-state index < -0.39 is 22.9 Å². The number of halogens is 1. The number of hydrogen-bond donors (Lipinski definition) is 1. The first-order valence-corrected chi connectivity index (χ1v) is 11.8. The minimum atomic E-state index is -1.37. The van der Waals surface area contributed by atoms with Gasteiger partial charge >= 0.3 is 5.97 Å². The van der Waals surface area contributed by atoms with Crippen molar-refractivity contribution in [1.29, 1.82) is 0 Å². The van der Waals surface area contributed by atoms with Crippen LogP contribution >= 0.6 is 15.9 Å². The van der Waals surface area contributed by atoms with Crippen molar-refractivity contribution in [2.45, 2.75) is 6.10 Å². The summed E-state index contributed by atoms with van der Waals surface area (Å²) in [5.41, 5.74) is 1.06. The van der Waals surface area contributed by atoms with Crippen molar-refractivity contribution in [3.63, 3.8) is 0 Å². The highest BCUT2D eigenvalue weighted by molar-refractivity contribution is 9.10. The Bertz CT molecular complexity index is 1470. The molecule has 0 saturated carbocycles. The number of carbonyl (C=O) groups is 3. The van der Waals surface area contributed by atoms with E-state index in [1.54, 1.807) is 72.8 Å². The van der Waals surface area contributed by atoms with Gasteiger partial charge in [0.05, 0.1) is 16.2 Å². The quantitative estimate of drug-likeness (QED) is 0.120. The van der Waals surface area contributed by atoms with Gasteiger partial charge in [0.15, 0.2) is 5.78 Å². The Balaban J connectivity index is 1.63. The summed E-state index contributed by atoms with van der Waals surface area (Å²) in [6.45, 7) is 0. The smallest absolute Gasteiger partial charge is 0.340 e. The maximum absolute atomic E-state index is 13.3. The number of hydrogen-bond acceptors (Lipinski definition) is 6. The molecule has 9 heteroatoms. The molecule has 1 amide bonds. The van der Waals surface area contributed by atoms with Crippen molar-refractivity contribution in [2.24, 2.45) is 0 Å². The number of amides is 1. The lowest BCUT2D eigenvalue weighted by atomic mass is 9.98. The monoisotopic (exact) mass is 558 g/mol. The van der Waals surface area contributed by atoms with Crippen molar-refractivity contribution >= 4 is 45.0 Å². The summed E-state index contributed by atoms with van der Waals surface area (Å²) in [5, 5.41) is 13.7. The lowest BCUT2D eigenvalue weighted by Gasteiger charge is -2.19. The molecule has 0 heterocycles. The normalized spacial score (nSPS) is 11.3. The largest absolute Gasteiger partial charge is 0.444 e. The summed E-state index contributed by atoms with van der Waals surface area (Å²) in [4.78, 5) is 50.1. The first-order chi connectivity index (χ1) is 17.8. The third-order valence-corrected chi connectivity index (χ3v) is 6.07. The SMILES string of the molecule is O=C(OC(C(=O)Nc1ccc([N+](=O)[O-])cc1Br)c1ccccc1)c1ccccc1C(=O)c1ccccc1. The molecular weight excluding hydrogens is 540 g/mol. The third kappa shape index (κ3) is 5.96. The highest BCUT2D eigenvalue weighted by Gasteiger charge is 2.28. The van der Waals surface area contributed by atoms with E-state index in [1.807, 2.05) is 0 Å². The van der Waals surface area contributed by atoms with Gasteiger partial charge in [0.25, 0.3) is 11.6 Å². The van der Waals surface area contributed by atoms with Gasteiger partial charge in [0.1, 0.15) is 0 Å². The van der Waals surface area contributed by atoms with Crippen LogP contribution in [0.15, 0.2) is 108 Å². The summed E-state index contributed by atoms with van der Waals surface area (Å²) in [5.74, 6) is -1.89. The number of benzene rings is 4. The van der Waals surface area contributed by atoms with Gasteiger partial charge in [-0.1, -0.05) is 78.9 Å². The second kappa shape index (κ2) is 11.4. The second-order valence-corrected chi connectivity index (χ2v) is 8.70. The molecule has 0 fully saturated rings. The van der Waals surface area contributed by atoms with Crippen LogP contribution in [0.4, 0.5) is 11.4 Å². The zero-order chi connectivity index (χ0) is 26.4. The number of nitro benzene ring substituents is 1. The summed E-state index contributed by atoms with van der Waals surface area (Å²) in [6, 6.07) is 27.0. The fraction of sp³-hybridized carbons (Fsp3) is 0.0357. The Labute approximate surface area is 220 Å². The molecule has 0 aliphatic rings. The predicted molar refractivity (Wildman–Crippen MR) is 140 cm³/mol. The number of nitrogens with zero attached hydrogens (tertiary/aromatic N) is 1. The van der Waals surface area contributed by atoms with E-state index in [9.17, 15) is 24.5 Å². The van der Waals surface area contributed by atoms with Crippen LogP contribution in [0.25, 0.3) is 0 Å². The minimum Gasteiger partial charge on any atom is -0.444 e. The average molecular weight is 559 g/mol. The number of non-ortho nitro benzene ring substituents is 1. The standard InChI is InChI=1S/C28H19BrN2O6/c29-23-17-20(31(35)36)15-16-24(23)30-27(33)26(19-11-5-2-6-12-19)37-28(34)22-14-8-7-13-21(22)25(32)18-9-3-1-4-10-18/h1-17,26H,(H,30,33). The van der Waals surface area contributed by atoms with Gasteiger partial charge in [-0.2, -0.15) is 0 Å². The topological polar surface area (TPSA) is 116 Å². The van der Waals surface area contributed by atoms with Gasteiger partial charge in [-0.05, 0) is 28.1 Å². The molecule has 4 aromatic carbocycles. The van der Waals surface area contributed by atoms with E-state index >= 15 is 0 Å². The Morgan fingerprint density at radius 3 is 2.03 bits per heavy atom. The summed E-state index contributed by atoms with van der Waals surface area (Å²) in [6.07, 6.45) is -1.37.